The SMILES string of the molecule is O=C(Nc1nc2c(s1)C[NH+](Cc1ccccc1)CC2)c1ccc(Cl)cc1. The molecule has 0 radical (unpaired) electrons. The minimum atomic E-state index is -0.152. The number of hydrogen-bond donors (Lipinski definition) is 2. The molecule has 6 heteroatoms. The van der Waals surface area contributed by atoms with Gasteiger partial charge in [0.2, 0.25) is 0 Å². The maximum absolute atomic E-state index is 12.4. The summed E-state index contributed by atoms with van der Waals surface area (Å²) in [6.07, 6.45) is 0.949. The predicted octanol–water partition coefficient (Wildman–Crippen LogP) is 3.19. The molecule has 2 aromatic carbocycles. The lowest BCUT2D eigenvalue weighted by atomic mass is 10.1. The van der Waals surface area contributed by atoms with Gasteiger partial charge in [-0.1, -0.05) is 53.3 Å². The summed E-state index contributed by atoms with van der Waals surface area (Å²) in [5.74, 6) is -0.152. The first-order valence-electron chi connectivity index (χ1n) is 8.60. The van der Waals surface area contributed by atoms with Crippen LogP contribution in [0.5, 0.6) is 0 Å². The molecule has 1 unspecified atom stereocenters. The van der Waals surface area contributed by atoms with E-state index in [9.17, 15) is 4.79 Å². The van der Waals surface area contributed by atoms with E-state index in [1.165, 1.54) is 15.3 Å². The lowest BCUT2D eigenvalue weighted by Crippen LogP contribution is -3.10. The van der Waals surface area contributed by atoms with Crippen LogP contribution in [-0.4, -0.2) is 17.4 Å². The van der Waals surface area contributed by atoms with Crippen LogP contribution in [0.1, 0.15) is 26.5 Å². The number of carbonyl (C=O) groups excluding carboxylic acids is 1. The van der Waals surface area contributed by atoms with Crippen molar-refractivity contribution in [1.29, 1.82) is 0 Å². The molecule has 2 heterocycles. The Morgan fingerprint density at radius 1 is 1.15 bits per heavy atom. The number of benzene rings is 2. The molecule has 0 bridgehead atoms. The summed E-state index contributed by atoms with van der Waals surface area (Å²) >= 11 is 7.46. The van der Waals surface area contributed by atoms with Gasteiger partial charge in [0, 0.05) is 22.6 Å². The third-order valence-corrected chi connectivity index (χ3v) is 5.79. The number of quaternary nitrogens is 1. The van der Waals surface area contributed by atoms with Crippen molar-refractivity contribution in [2.75, 3.05) is 11.9 Å². The van der Waals surface area contributed by atoms with Crippen LogP contribution in [0.4, 0.5) is 5.13 Å². The van der Waals surface area contributed by atoms with E-state index in [1.54, 1.807) is 35.6 Å². The van der Waals surface area contributed by atoms with Crippen molar-refractivity contribution in [3.63, 3.8) is 0 Å². The second-order valence-electron chi connectivity index (χ2n) is 6.44. The number of fused-ring (bicyclic) bond motifs is 1. The number of aromatic nitrogens is 1. The largest absolute Gasteiger partial charge is 0.326 e. The van der Waals surface area contributed by atoms with Gasteiger partial charge in [0.05, 0.1) is 17.1 Å². The molecule has 1 aliphatic rings. The Bertz CT molecular complexity index is 909. The second-order valence-corrected chi connectivity index (χ2v) is 7.96. The van der Waals surface area contributed by atoms with E-state index in [0.29, 0.717) is 15.7 Å². The predicted molar refractivity (Wildman–Crippen MR) is 105 cm³/mol. The zero-order chi connectivity index (χ0) is 17.9. The van der Waals surface area contributed by atoms with E-state index < -0.39 is 0 Å². The van der Waals surface area contributed by atoms with Gasteiger partial charge in [0.25, 0.3) is 5.91 Å². The molecule has 2 N–H and O–H groups in total. The fourth-order valence-corrected chi connectivity index (χ4v) is 4.39. The monoisotopic (exact) mass is 384 g/mol. The van der Waals surface area contributed by atoms with Crippen molar-refractivity contribution >= 4 is 34.0 Å². The fourth-order valence-electron chi connectivity index (χ4n) is 3.19. The van der Waals surface area contributed by atoms with E-state index in [1.807, 2.05) is 6.07 Å². The van der Waals surface area contributed by atoms with Gasteiger partial charge in [-0.25, -0.2) is 4.98 Å². The summed E-state index contributed by atoms with van der Waals surface area (Å²) in [6.45, 7) is 3.04. The first-order valence-corrected chi connectivity index (χ1v) is 9.80. The minimum absolute atomic E-state index is 0.152. The molecule has 26 heavy (non-hydrogen) atoms. The Kier molecular flexibility index (Phi) is 5.02. The highest BCUT2D eigenvalue weighted by molar-refractivity contribution is 7.15. The summed E-state index contributed by atoms with van der Waals surface area (Å²) in [7, 11) is 0. The summed E-state index contributed by atoms with van der Waals surface area (Å²) in [6, 6.07) is 17.4. The average Bonchev–Trinajstić information content (AvgIpc) is 3.04. The fraction of sp³-hybridized carbons (Fsp3) is 0.200. The van der Waals surface area contributed by atoms with Crippen LogP contribution in [-0.2, 0) is 19.5 Å². The van der Waals surface area contributed by atoms with Crippen molar-refractivity contribution < 1.29 is 9.69 Å². The summed E-state index contributed by atoms with van der Waals surface area (Å²) in [4.78, 5) is 19.8. The molecule has 0 saturated carbocycles. The minimum Gasteiger partial charge on any atom is -0.326 e. The Morgan fingerprint density at radius 2 is 1.92 bits per heavy atom. The van der Waals surface area contributed by atoms with E-state index in [0.717, 1.165) is 31.7 Å². The highest BCUT2D eigenvalue weighted by atomic mass is 35.5. The van der Waals surface area contributed by atoms with Crippen LogP contribution in [0, 0.1) is 0 Å². The standard InChI is InChI=1S/C20H18ClN3OS/c21-16-8-6-15(7-9-16)19(25)23-20-22-17-10-11-24(13-18(17)26-20)12-14-4-2-1-3-5-14/h1-9H,10-13H2,(H,22,23,25)/p+1. The topological polar surface area (TPSA) is 46.4 Å². The molecular weight excluding hydrogens is 366 g/mol. The van der Waals surface area contributed by atoms with E-state index in [-0.39, 0.29) is 5.91 Å². The first kappa shape index (κ1) is 17.2. The van der Waals surface area contributed by atoms with Crippen molar-refractivity contribution in [3.8, 4) is 0 Å². The molecule has 0 spiro atoms. The quantitative estimate of drug-likeness (QED) is 0.725. The number of carbonyl (C=O) groups is 1. The molecule has 1 aliphatic heterocycles. The Balaban J connectivity index is 1.42. The molecular formula is C20H19ClN3OS+. The molecule has 1 atom stereocenters. The number of nitrogens with zero attached hydrogens (tertiary/aromatic N) is 1. The van der Waals surface area contributed by atoms with Gasteiger partial charge >= 0.3 is 0 Å². The van der Waals surface area contributed by atoms with E-state index >= 15 is 0 Å². The van der Waals surface area contributed by atoms with Crippen LogP contribution in [0.2, 0.25) is 5.02 Å². The molecule has 1 aromatic heterocycles. The zero-order valence-corrected chi connectivity index (χ0v) is 15.7. The number of thiazole rings is 1. The normalized spacial score (nSPS) is 16.1. The van der Waals surface area contributed by atoms with E-state index in [2.05, 4.69) is 34.6 Å². The average molecular weight is 385 g/mol. The number of rotatable bonds is 4. The Hall–Kier alpha value is -2.21. The molecule has 132 valence electrons. The van der Waals surface area contributed by atoms with Gasteiger partial charge in [0.15, 0.2) is 5.13 Å². The highest BCUT2D eigenvalue weighted by Crippen LogP contribution is 2.25. The maximum atomic E-state index is 12.4. The van der Waals surface area contributed by atoms with Gasteiger partial charge in [-0.2, -0.15) is 0 Å². The molecule has 1 amide bonds. The van der Waals surface area contributed by atoms with Gasteiger partial charge in [-0.05, 0) is 24.3 Å². The number of amides is 1. The van der Waals surface area contributed by atoms with Crippen molar-refractivity contribution in [1.82, 2.24) is 4.98 Å². The Morgan fingerprint density at radius 3 is 2.69 bits per heavy atom. The summed E-state index contributed by atoms with van der Waals surface area (Å²) < 4.78 is 0. The van der Waals surface area contributed by atoms with Crippen molar-refractivity contribution in [3.05, 3.63) is 81.3 Å². The molecule has 4 nitrogen and oxygen atoms in total. The first-order chi connectivity index (χ1) is 12.7. The molecule has 0 fully saturated rings. The Labute approximate surface area is 161 Å². The third kappa shape index (κ3) is 3.96. The van der Waals surface area contributed by atoms with Crippen LogP contribution in [0.3, 0.4) is 0 Å². The summed E-state index contributed by atoms with van der Waals surface area (Å²) in [5.41, 5.74) is 3.06. The third-order valence-electron chi connectivity index (χ3n) is 4.53. The van der Waals surface area contributed by atoms with Crippen LogP contribution in [0.25, 0.3) is 0 Å². The van der Waals surface area contributed by atoms with Crippen LogP contribution < -0.4 is 10.2 Å². The molecule has 4 rings (SSSR count). The van der Waals surface area contributed by atoms with Crippen molar-refractivity contribution in [2.24, 2.45) is 0 Å². The van der Waals surface area contributed by atoms with Crippen LogP contribution in [0.15, 0.2) is 54.6 Å². The number of halogens is 1. The van der Waals surface area contributed by atoms with Gasteiger partial charge < -0.3 is 4.90 Å². The van der Waals surface area contributed by atoms with Gasteiger partial charge in [-0.3, -0.25) is 10.1 Å². The van der Waals surface area contributed by atoms with E-state index in [4.69, 9.17) is 11.6 Å². The number of hydrogen-bond acceptors (Lipinski definition) is 3. The number of anilines is 1. The van der Waals surface area contributed by atoms with Gasteiger partial charge in [-0.15, -0.1) is 0 Å². The lowest BCUT2D eigenvalue weighted by Gasteiger charge is -2.22. The lowest BCUT2D eigenvalue weighted by molar-refractivity contribution is -0.929. The maximum Gasteiger partial charge on any atom is 0.257 e. The van der Waals surface area contributed by atoms with Crippen LogP contribution >= 0.6 is 22.9 Å². The highest BCUT2D eigenvalue weighted by Gasteiger charge is 2.24. The zero-order valence-electron chi connectivity index (χ0n) is 14.2. The second kappa shape index (κ2) is 7.58. The summed E-state index contributed by atoms with van der Waals surface area (Å²) in [5, 5.41) is 4.21. The molecule has 0 saturated heterocycles. The molecule has 3 aromatic rings. The van der Waals surface area contributed by atoms with Gasteiger partial charge in [0.1, 0.15) is 13.1 Å². The number of nitrogens with one attached hydrogen (secondary N) is 2. The molecule has 0 aliphatic carbocycles. The van der Waals surface area contributed by atoms with Crippen molar-refractivity contribution in [2.45, 2.75) is 19.5 Å². The smallest absolute Gasteiger partial charge is 0.257 e.